The van der Waals surface area contributed by atoms with Crippen LogP contribution in [0, 0.1) is 5.92 Å². The van der Waals surface area contributed by atoms with E-state index in [1.165, 1.54) is 4.90 Å². The molecule has 2 rings (SSSR count). The number of carbonyl (C=O) groups is 3. The summed E-state index contributed by atoms with van der Waals surface area (Å²) in [5.74, 6) is -2.24. The Labute approximate surface area is 123 Å². The van der Waals surface area contributed by atoms with Crippen LogP contribution in [-0.2, 0) is 20.9 Å². The maximum absolute atomic E-state index is 12.5. The molecular weight excluding hydrogens is 270 g/mol. The van der Waals surface area contributed by atoms with Crippen LogP contribution in [0.15, 0.2) is 24.3 Å². The second-order valence-corrected chi connectivity index (χ2v) is 5.27. The van der Waals surface area contributed by atoms with Crippen LogP contribution in [0.5, 0.6) is 0 Å². The van der Waals surface area contributed by atoms with Crippen molar-refractivity contribution in [2.24, 2.45) is 11.7 Å². The Bertz CT molecular complexity index is 585. The van der Waals surface area contributed by atoms with Gasteiger partial charge in [-0.3, -0.25) is 14.4 Å². The average molecular weight is 289 g/mol. The third-order valence-electron chi connectivity index (χ3n) is 3.87. The van der Waals surface area contributed by atoms with Crippen molar-refractivity contribution in [1.82, 2.24) is 4.90 Å². The van der Waals surface area contributed by atoms with Gasteiger partial charge in [0.2, 0.25) is 5.91 Å². The van der Waals surface area contributed by atoms with E-state index in [0.717, 1.165) is 5.56 Å². The second-order valence-electron chi connectivity index (χ2n) is 5.27. The maximum atomic E-state index is 12.5. The highest BCUT2D eigenvalue weighted by Gasteiger charge is 2.38. The van der Waals surface area contributed by atoms with Crippen molar-refractivity contribution in [2.75, 3.05) is 5.32 Å². The fraction of sp³-hybridized carbons (Fsp3) is 0.400. The van der Waals surface area contributed by atoms with E-state index in [-0.39, 0.29) is 18.4 Å². The molecule has 1 aliphatic heterocycles. The summed E-state index contributed by atoms with van der Waals surface area (Å²) in [7, 11) is 0. The van der Waals surface area contributed by atoms with E-state index in [2.05, 4.69) is 5.32 Å². The number of para-hydroxylation sites is 1. The molecule has 3 amide bonds. The zero-order valence-electron chi connectivity index (χ0n) is 12.1. The molecule has 1 heterocycles. The van der Waals surface area contributed by atoms with Crippen LogP contribution in [0.1, 0.15) is 25.8 Å². The molecule has 0 radical (unpaired) electrons. The fourth-order valence-electron chi connectivity index (χ4n) is 2.54. The highest BCUT2D eigenvalue weighted by Crippen LogP contribution is 2.27. The Kier molecular flexibility index (Phi) is 4.26. The minimum Gasteiger partial charge on any atom is -0.361 e. The monoisotopic (exact) mass is 289 g/mol. The smallest absolute Gasteiger partial charge is 0.312 e. The zero-order valence-corrected chi connectivity index (χ0v) is 12.1. The molecule has 1 aliphatic rings. The number of nitrogens with one attached hydrogen (secondary N) is 1. The Hall–Kier alpha value is -2.37. The maximum Gasteiger partial charge on any atom is 0.312 e. The molecule has 21 heavy (non-hydrogen) atoms. The molecule has 1 aromatic rings. The molecule has 0 bridgehead atoms. The molecule has 6 nitrogen and oxygen atoms in total. The van der Waals surface area contributed by atoms with Crippen molar-refractivity contribution in [3.8, 4) is 0 Å². The predicted molar refractivity (Wildman–Crippen MR) is 78.1 cm³/mol. The van der Waals surface area contributed by atoms with Crippen molar-refractivity contribution in [2.45, 2.75) is 32.9 Å². The number of rotatable bonds is 2. The molecule has 1 aromatic carbocycles. The minimum absolute atomic E-state index is 0.0809. The van der Waals surface area contributed by atoms with Crippen LogP contribution in [-0.4, -0.2) is 28.7 Å². The number of hydrogen-bond donors (Lipinski definition) is 2. The molecule has 6 heteroatoms. The standard InChI is InChI=1S/C15H19N3O3/c1-3-9(2)12-14(20)17-11-7-5-4-6-10(11)8-18(12)15(21)13(16)19/h4-7,9,12H,3,8H2,1-2H3,(H2,16,19)(H,17,20)/t9?,12-/m0/s1. The van der Waals surface area contributed by atoms with E-state index in [1.54, 1.807) is 6.07 Å². The van der Waals surface area contributed by atoms with Gasteiger partial charge in [-0.25, -0.2) is 0 Å². The summed E-state index contributed by atoms with van der Waals surface area (Å²) in [5, 5.41) is 2.83. The van der Waals surface area contributed by atoms with Gasteiger partial charge in [-0.1, -0.05) is 38.5 Å². The Morgan fingerprint density at radius 2 is 2.10 bits per heavy atom. The van der Waals surface area contributed by atoms with E-state index in [9.17, 15) is 14.4 Å². The van der Waals surface area contributed by atoms with Gasteiger partial charge in [-0.15, -0.1) is 0 Å². The summed E-state index contributed by atoms with van der Waals surface area (Å²) in [6, 6.07) is 6.52. The van der Waals surface area contributed by atoms with Gasteiger partial charge in [-0.05, 0) is 17.5 Å². The number of primary amides is 1. The lowest BCUT2D eigenvalue weighted by molar-refractivity contribution is -0.149. The molecular formula is C15H19N3O3. The summed E-state index contributed by atoms with van der Waals surface area (Å²) >= 11 is 0. The van der Waals surface area contributed by atoms with Crippen LogP contribution in [0.3, 0.4) is 0 Å². The van der Waals surface area contributed by atoms with E-state index in [0.29, 0.717) is 12.1 Å². The highest BCUT2D eigenvalue weighted by molar-refractivity contribution is 6.34. The highest BCUT2D eigenvalue weighted by atomic mass is 16.2. The molecule has 0 fully saturated rings. The lowest BCUT2D eigenvalue weighted by atomic mass is 9.96. The van der Waals surface area contributed by atoms with E-state index in [1.807, 2.05) is 32.0 Å². The van der Waals surface area contributed by atoms with Crippen LogP contribution in [0.2, 0.25) is 0 Å². The van der Waals surface area contributed by atoms with Crippen LogP contribution in [0.4, 0.5) is 5.69 Å². The van der Waals surface area contributed by atoms with E-state index in [4.69, 9.17) is 5.73 Å². The van der Waals surface area contributed by atoms with Crippen molar-refractivity contribution >= 4 is 23.4 Å². The minimum atomic E-state index is -1.05. The molecule has 0 aliphatic carbocycles. The zero-order chi connectivity index (χ0) is 15.6. The molecule has 0 spiro atoms. The lowest BCUT2D eigenvalue weighted by Gasteiger charge is -2.31. The predicted octanol–water partition coefficient (Wildman–Crippen LogP) is 0.867. The van der Waals surface area contributed by atoms with E-state index >= 15 is 0 Å². The molecule has 1 unspecified atom stereocenters. The van der Waals surface area contributed by atoms with Crippen LogP contribution >= 0.6 is 0 Å². The average Bonchev–Trinajstić information content (AvgIpc) is 2.61. The van der Waals surface area contributed by atoms with Gasteiger partial charge in [0.1, 0.15) is 6.04 Å². The van der Waals surface area contributed by atoms with Crippen molar-refractivity contribution < 1.29 is 14.4 Å². The number of nitrogens with zero attached hydrogens (tertiary/aromatic N) is 1. The van der Waals surface area contributed by atoms with Crippen molar-refractivity contribution in [1.29, 1.82) is 0 Å². The summed E-state index contributed by atoms with van der Waals surface area (Å²) < 4.78 is 0. The Morgan fingerprint density at radius 3 is 2.71 bits per heavy atom. The van der Waals surface area contributed by atoms with Crippen molar-refractivity contribution in [3.63, 3.8) is 0 Å². The fourth-order valence-corrected chi connectivity index (χ4v) is 2.54. The van der Waals surface area contributed by atoms with Gasteiger partial charge < -0.3 is 16.0 Å². The van der Waals surface area contributed by atoms with Gasteiger partial charge in [-0.2, -0.15) is 0 Å². The summed E-state index contributed by atoms with van der Waals surface area (Å²) in [6.07, 6.45) is 0.705. The number of hydrogen-bond acceptors (Lipinski definition) is 3. The van der Waals surface area contributed by atoms with Gasteiger partial charge >= 0.3 is 11.8 Å². The Morgan fingerprint density at radius 1 is 1.43 bits per heavy atom. The van der Waals surface area contributed by atoms with Gasteiger partial charge in [0, 0.05) is 12.2 Å². The third kappa shape index (κ3) is 2.89. The first-order valence-corrected chi connectivity index (χ1v) is 6.94. The summed E-state index contributed by atoms with van der Waals surface area (Å²) in [5.41, 5.74) is 6.57. The topological polar surface area (TPSA) is 92.5 Å². The SMILES string of the molecule is CCC(C)[C@H]1C(=O)Nc2ccccc2CN1C(=O)C(N)=O. The van der Waals surface area contributed by atoms with Crippen LogP contribution < -0.4 is 11.1 Å². The number of anilines is 1. The van der Waals surface area contributed by atoms with Crippen molar-refractivity contribution in [3.05, 3.63) is 29.8 Å². The largest absolute Gasteiger partial charge is 0.361 e. The first-order chi connectivity index (χ1) is 9.95. The first kappa shape index (κ1) is 15.0. The number of amides is 3. The number of benzene rings is 1. The normalized spacial score (nSPS) is 19.2. The Balaban J connectivity index is 2.47. The number of nitrogens with two attached hydrogens (primary N) is 1. The van der Waals surface area contributed by atoms with Gasteiger partial charge in [0.25, 0.3) is 0 Å². The molecule has 0 saturated heterocycles. The van der Waals surface area contributed by atoms with E-state index < -0.39 is 17.9 Å². The van der Waals surface area contributed by atoms with Gasteiger partial charge in [0.05, 0.1) is 0 Å². The molecule has 112 valence electrons. The second kappa shape index (κ2) is 5.95. The summed E-state index contributed by atoms with van der Waals surface area (Å²) in [4.78, 5) is 37.1. The first-order valence-electron chi connectivity index (χ1n) is 6.94. The molecule has 0 saturated carbocycles. The summed E-state index contributed by atoms with van der Waals surface area (Å²) in [6.45, 7) is 4.00. The third-order valence-corrected chi connectivity index (χ3v) is 3.87. The molecule has 3 N–H and O–H groups in total. The number of carbonyl (C=O) groups excluding carboxylic acids is 3. The van der Waals surface area contributed by atoms with Gasteiger partial charge in [0.15, 0.2) is 0 Å². The number of fused-ring (bicyclic) bond motifs is 1. The molecule has 2 atom stereocenters. The van der Waals surface area contributed by atoms with Crippen LogP contribution in [0.25, 0.3) is 0 Å². The quantitative estimate of drug-likeness (QED) is 0.791. The molecule has 0 aromatic heterocycles. The lowest BCUT2D eigenvalue weighted by Crippen LogP contribution is -2.52.